The summed E-state index contributed by atoms with van der Waals surface area (Å²) in [6, 6.07) is 0. The van der Waals surface area contributed by atoms with E-state index in [1.54, 1.807) is 6.21 Å². The number of nitrogens with zero attached hydrogens (tertiary/aromatic N) is 1. The first-order valence-corrected chi connectivity index (χ1v) is 13.2. The van der Waals surface area contributed by atoms with E-state index in [9.17, 15) is 4.57 Å². The van der Waals surface area contributed by atoms with Gasteiger partial charge in [-0.1, -0.05) is 60.5 Å². The number of hydrogen-bond acceptors (Lipinski definition) is 5. The van der Waals surface area contributed by atoms with Crippen molar-refractivity contribution in [2.45, 2.75) is 73.1 Å². The van der Waals surface area contributed by atoms with Gasteiger partial charge in [-0.2, -0.15) is 0 Å². The molecule has 33 heavy (non-hydrogen) atoms. The van der Waals surface area contributed by atoms with E-state index in [1.165, 1.54) is 36.0 Å². The highest BCUT2D eigenvalue weighted by Crippen LogP contribution is 2.42. The molecule has 186 valence electrons. The first kappa shape index (κ1) is 29.3. The molecule has 1 N–H and O–H groups in total. The monoisotopic (exact) mass is 479 g/mol. The molecule has 1 aliphatic carbocycles. The van der Waals surface area contributed by atoms with Crippen molar-refractivity contribution in [1.82, 2.24) is 0 Å². The molecule has 1 unspecified atom stereocenters. The smallest absolute Gasteiger partial charge is 0.396 e. The Kier molecular flexibility index (Phi) is 13.5. The van der Waals surface area contributed by atoms with Crippen LogP contribution < -0.4 is 0 Å². The molecule has 0 heterocycles. The van der Waals surface area contributed by atoms with Crippen LogP contribution >= 0.6 is 7.82 Å². The van der Waals surface area contributed by atoms with Gasteiger partial charge in [0.25, 0.3) is 0 Å². The van der Waals surface area contributed by atoms with Crippen LogP contribution in [0.5, 0.6) is 0 Å². The van der Waals surface area contributed by atoms with E-state index >= 15 is 0 Å². The third kappa shape index (κ3) is 12.9. The summed E-state index contributed by atoms with van der Waals surface area (Å²) in [5, 5.41) is 3.92. The fraction of sp³-hybridized carbons (Fsp3) is 0.577. The van der Waals surface area contributed by atoms with Gasteiger partial charge in [0.1, 0.15) is 6.61 Å². The van der Waals surface area contributed by atoms with Crippen molar-refractivity contribution in [2.24, 2.45) is 10.6 Å². The SMILES string of the molecule is COP(=O)(O)OCCCCCON=C/C=C(C)/C=C/C=C(C)/C=C/C1=C(C)CCCC1(C)C. The molecule has 0 saturated heterocycles. The molecule has 0 aromatic heterocycles. The number of oxime groups is 1. The molecule has 0 spiro atoms. The summed E-state index contributed by atoms with van der Waals surface area (Å²) in [4.78, 5) is 14.3. The highest BCUT2D eigenvalue weighted by Gasteiger charge is 2.26. The van der Waals surface area contributed by atoms with Gasteiger partial charge < -0.3 is 9.73 Å². The first-order valence-electron chi connectivity index (χ1n) is 11.7. The Hall–Kier alpha value is -1.72. The van der Waals surface area contributed by atoms with E-state index in [0.717, 1.165) is 25.5 Å². The Morgan fingerprint density at radius 2 is 1.82 bits per heavy atom. The van der Waals surface area contributed by atoms with Gasteiger partial charge in [0, 0.05) is 7.11 Å². The quantitative estimate of drug-likeness (QED) is 0.0920. The number of unbranched alkanes of at least 4 members (excludes halogenated alkanes) is 2. The summed E-state index contributed by atoms with van der Waals surface area (Å²) >= 11 is 0. The zero-order chi connectivity index (χ0) is 24.7. The molecule has 1 aliphatic rings. The lowest BCUT2D eigenvalue weighted by molar-refractivity contribution is 0.137. The molecule has 7 heteroatoms. The zero-order valence-electron chi connectivity index (χ0n) is 21.2. The van der Waals surface area contributed by atoms with E-state index in [0.29, 0.717) is 13.0 Å². The molecule has 0 aromatic rings. The minimum atomic E-state index is -3.86. The normalized spacial score (nSPS) is 19.7. The van der Waals surface area contributed by atoms with Crippen LogP contribution in [0.3, 0.4) is 0 Å². The van der Waals surface area contributed by atoms with E-state index in [-0.39, 0.29) is 12.0 Å². The molecule has 1 atom stereocenters. The first-order chi connectivity index (χ1) is 15.6. The second-order valence-electron chi connectivity index (χ2n) is 9.08. The van der Waals surface area contributed by atoms with Gasteiger partial charge in [-0.15, -0.1) is 0 Å². The van der Waals surface area contributed by atoms with Gasteiger partial charge in [0.05, 0.1) is 12.8 Å². The van der Waals surface area contributed by atoms with Crippen molar-refractivity contribution in [3.05, 3.63) is 58.7 Å². The van der Waals surface area contributed by atoms with E-state index < -0.39 is 7.82 Å². The maximum atomic E-state index is 11.1. The number of phosphoric ester groups is 1. The molecular formula is C26H42NO5P. The lowest BCUT2D eigenvalue weighted by atomic mass is 9.72. The summed E-state index contributed by atoms with van der Waals surface area (Å²) in [6.45, 7) is 11.7. The molecule has 0 fully saturated rings. The second kappa shape index (κ2) is 15.2. The second-order valence-corrected chi connectivity index (χ2v) is 10.6. The van der Waals surface area contributed by atoms with Gasteiger partial charge in [0.15, 0.2) is 0 Å². The summed E-state index contributed by atoms with van der Waals surface area (Å²) in [7, 11) is -2.71. The average Bonchev–Trinajstić information content (AvgIpc) is 2.74. The van der Waals surface area contributed by atoms with Crippen LogP contribution in [0.15, 0.2) is 63.9 Å². The topological polar surface area (TPSA) is 77.4 Å². The van der Waals surface area contributed by atoms with Crippen LogP contribution in [-0.4, -0.2) is 31.4 Å². The number of allylic oxidation sites excluding steroid dienone is 10. The highest BCUT2D eigenvalue weighted by atomic mass is 31.2. The van der Waals surface area contributed by atoms with Gasteiger partial charge in [-0.3, -0.25) is 9.05 Å². The fourth-order valence-corrected chi connectivity index (χ4v) is 4.07. The molecule has 0 aliphatic heterocycles. The van der Waals surface area contributed by atoms with E-state index in [1.807, 2.05) is 25.2 Å². The standard InChI is InChI=1S/C26H42NO5P/c1-22(15-16-25-24(3)14-11-18-26(25,4)5)12-10-13-23(2)17-19-27-31-20-8-7-9-21-32-33(28,29)30-6/h10,12-13,15-17,19H,7-9,11,14,18,20-21H2,1-6H3,(H,28,29)/b13-10+,16-15+,22-12+,23-17+,27-19?. The van der Waals surface area contributed by atoms with Crippen molar-refractivity contribution < 1.29 is 23.3 Å². The Balaban J connectivity index is 2.32. The lowest BCUT2D eigenvalue weighted by Gasteiger charge is -2.32. The van der Waals surface area contributed by atoms with Crippen LogP contribution in [0.4, 0.5) is 0 Å². The molecule has 0 saturated carbocycles. The van der Waals surface area contributed by atoms with Crippen molar-refractivity contribution in [1.29, 1.82) is 0 Å². The van der Waals surface area contributed by atoms with Gasteiger partial charge in [0.2, 0.25) is 0 Å². The minimum Gasteiger partial charge on any atom is -0.396 e. The summed E-state index contributed by atoms with van der Waals surface area (Å²) in [5.74, 6) is 0. The maximum Gasteiger partial charge on any atom is 0.471 e. The fourth-order valence-electron chi connectivity index (χ4n) is 3.61. The van der Waals surface area contributed by atoms with E-state index in [4.69, 9.17) is 14.3 Å². The average molecular weight is 480 g/mol. The molecule has 0 bridgehead atoms. The number of rotatable bonds is 14. The van der Waals surface area contributed by atoms with Gasteiger partial charge in [-0.25, -0.2) is 4.57 Å². The highest BCUT2D eigenvalue weighted by molar-refractivity contribution is 7.47. The predicted octanol–water partition coefficient (Wildman–Crippen LogP) is 7.45. The number of phosphoric acid groups is 1. The maximum absolute atomic E-state index is 11.1. The van der Waals surface area contributed by atoms with Crippen LogP contribution in [0, 0.1) is 5.41 Å². The Bertz CT molecular complexity index is 834. The van der Waals surface area contributed by atoms with Crippen LogP contribution in [0.2, 0.25) is 0 Å². The molecule has 1 rings (SSSR count). The van der Waals surface area contributed by atoms with Crippen LogP contribution in [-0.2, 0) is 18.5 Å². The third-order valence-corrected chi connectivity index (χ3v) is 6.58. The third-order valence-electron chi connectivity index (χ3n) is 5.61. The number of hydrogen-bond donors (Lipinski definition) is 1. The minimum absolute atomic E-state index is 0.179. The summed E-state index contributed by atoms with van der Waals surface area (Å²) < 4.78 is 20.2. The zero-order valence-corrected chi connectivity index (χ0v) is 22.1. The Labute approximate surface area is 200 Å². The molecule has 0 radical (unpaired) electrons. The molecular weight excluding hydrogens is 437 g/mol. The summed E-state index contributed by atoms with van der Waals surface area (Å²) in [5.41, 5.74) is 5.55. The van der Waals surface area contributed by atoms with Gasteiger partial charge in [-0.05, 0) is 81.9 Å². The Morgan fingerprint density at radius 1 is 1.12 bits per heavy atom. The lowest BCUT2D eigenvalue weighted by Crippen LogP contribution is -2.19. The predicted molar refractivity (Wildman–Crippen MR) is 137 cm³/mol. The van der Waals surface area contributed by atoms with Crippen molar-refractivity contribution in [3.8, 4) is 0 Å². The van der Waals surface area contributed by atoms with Crippen molar-refractivity contribution in [2.75, 3.05) is 20.3 Å². The van der Waals surface area contributed by atoms with Gasteiger partial charge >= 0.3 is 7.82 Å². The van der Waals surface area contributed by atoms with Crippen molar-refractivity contribution >= 4 is 14.0 Å². The van der Waals surface area contributed by atoms with Crippen LogP contribution in [0.1, 0.15) is 73.1 Å². The van der Waals surface area contributed by atoms with E-state index in [2.05, 4.69) is 55.6 Å². The largest absolute Gasteiger partial charge is 0.471 e. The molecule has 6 nitrogen and oxygen atoms in total. The van der Waals surface area contributed by atoms with Crippen LogP contribution in [0.25, 0.3) is 0 Å². The Morgan fingerprint density at radius 3 is 2.52 bits per heavy atom. The molecule has 0 aromatic carbocycles. The molecule has 0 amide bonds. The van der Waals surface area contributed by atoms with Crippen molar-refractivity contribution in [3.63, 3.8) is 0 Å². The summed E-state index contributed by atoms with van der Waals surface area (Å²) in [6.07, 6.45) is 20.2.